The molecule has 1 aliphatic carbocycles. The van der Waals surface area contributed by atoms with Crippen LogP contribution in [0.4, 0.5) is 5.69 Å². The third-order valence-corrected chi connectivity index (χ3v) is 4.41. The second-order valence-corrected chi connectivity index (χ2v) is 5.49. The zero-order valence-electron chi connectivity index (χ0n) is 12.1. The molecule has 0 radical (unpaired) electrons. The first-order valence-corrected chi connectivity index (χ1v) is 7.50. The van der Waals surface area contributed by atoms with Gasteiger partial charge in [0.25, 0.3) is 0 Å². The van der Waals surface area contributed by atoms with Crippen LogP contribution in [0.25, 0.3) is 0 Å². The van der Waals surface area contributed by atoms with Crippen molar-refractivity contribution >= 4 is 5.69 Å². The number of phenolic OH excluding ortho intramolecular Hbond substituents is 1. The van der Waals surface area contributed by atoms with Gasteiger partial charge in [0.2, 0.25) is 0 Å². The summed E-state index contributed by atoms with van der Waals surface area (Å²) in [6.45, 7) is 6.14. The molecule has 1 fully saturated rings. The summed E-state index contributed by atoms with van der Waals surface area (Å²) >= 11 is 0. The fourth-order valence-corrected chi connectivity index (χ4v) is 3.17. The maximum Gasteiger partial charge on any atom is 0.122 e. The molecule has 0 aliphatic heterocycles. The molecule has 19 heavy (non-hydrogen) atoms. The summed E-state index contributed by atoms with van der Waals surface area (Å²) in [6, 6.07) is 5.92. The predicted octanol–water partition coefficient (Wildman–Crippen LogP) is 3.43. The van der Waals surface area contributed by atoms with E-state index in [1.54, 1.807) is 0 Å². The number of phenols is 1. The fourth-order valence-electron chi connectivity index (χ4n) is 3.17. The highest BCUT2D eigenvalue weighted by Crippen LogP contribution is 2.38. The van der Waals surface area contributed by atoms with E-state index < -0.39 is 0 Å². The maximum atomic E-state index is 10.3. The van der Waals surface area contributed by atoms with Crippen LogP contribution in [0.5, 0.6) is 5.75 Å². The smallest absolute Gasteiger partial charge is 0.122 e. The molecule has 0 bridgehead atoms. The van der Waals surface area contributed by atoms with E-state index in [1.165, 1.54) is 25.7 Å². The number of anilines is 1. The van der Waals surface area contributed by atoms with E-state index >= 15 is 0 Å². The van der Waals surface area contributed by atoms with Crippen LogP contribution >= 0.6 is 0 Å². The molecule has 106 valence electrons. The van der Waals surface area contributed by atoms with Gasteiger partial charge in [-0.25, -0.2) is 0 Å². The zero-order chi connectivity index (χ0) is 13.8. The van der Waals surface area contributed by atoms with Gasteiger partial charge in [0.15, 0.2) is 0 Å². The molecule has 3 heteroatoms. The summed E-state index contributed by atoms with van der Waals surface area (Å²) in [6.07, 6.45) is 4.93. The normalized spacial score (nSPS) is 17.6. The molecular formula is C16H26N2O. The van der Waals surface area contributed by atoms with Crippen molar-refractivity contribution in [3.8, 4) is 5.75 Å². The Bertz CT molecular complexity index is 409. The van der Waals surface area contributed by atoms with Crippen LogP contribution in [-0.4, -0.2) is 18.2 Å². The lowest BCUT2D eigenvalue weighted by Crippen LogP contribution is -2.22. The minimum absolute atomic E-state index is 0.0201. The van der Waals surface area contributed by atoms with Crippen LogP contribution in [0.15, 0.2) is 18.2 Å². The molecule has 1 aromatic rings. The van der Waals surface area contributed by atoms with Gasteiger partial charge in [-0.15, -0.1) is 0 Å². The number of hydrogen-bond acceptors (Lipinski definition) is 3. The molecule has 0 unspecified atom stereocenters. The van der Waals surface area contributed by atoms with Crippen molar-refractivity contribution in [1.29, 1.82) is 0 Å². The van der Waals surface area contributed by atoms with Gasteiger partial charge in [0, 0.05) is 36.4 Å². The largest absolute Gasteiger partial charge is 0.508 e. The SMILES string of the molecule is CCN(CC)c1ccc([C@@H](N)C2CCCC2)c(O)c1. The Kier molecular flexibility index (Phi) is 4.70. The van der Waals surface area contributed by atoms with Gasteiger partial charge in [0.1, 0.15) is 5.75 Å². The molecule has 1 saturated carbocycles. The van der Waals surface area contributed by atoms with Crippen LogP contribution in [0.1, 0.15) is 51.1 Å². The van der Waals surface area contributed by atoms with E-state index in [1.807, 2.05) is 12.1 Å². The van der Waals surface area contributed by atoms with E-state index in [2.05, 4.69) is 24.8 Å². The van der Waals surface area contributed by atoms with E-state index in [-0.39, 0.29) is 6.04 Å². The summed E-state index contributed by atoms with van der Waals surface area (Å²) < 4.78 is 0. The van der Waals surface area contributed by atoms with Crippen LogP contribution < -0.4 is 10.6 Å². The molecule has 0 heterocycles. The van der Waals surface area contributed by atoms with Crippen molar-refractivity contribution < 1.29 is 5.11 Å². The Balaban J connectivity index is 2.18. The van der Waals surface area contributed by atoms with Crippen LogP contribution in [0.2, 0.25) is 0 Å². The van der Waals surface area contributed by atoms with Crippen molar-refractivity contribution in [1.82, 2.24) is 0 Å². The van der Waals surface area contributed by atoms with E-state index in [9.17, 15) is 5.11 Å². The first-order valence-electron chi connectivity index (χ1n) is 7.50. The van der Waals surface area contributed by atoms with Gasteiger partial charge >= 0.3 is 0 Å². The molecule has 0 spiro atoms. The number of nitrogens with zero attached hydrogens (tertiary/aromatic N) is 1. The van der Waals surface area contributed by atoms with Gasteiger partial charge in [-0.1, -0.05) is 18.9 Å². The first kappa shape index (κ1) is 14.2. The molecule has 1 aliphatic rings. The van der Waals surface area contributed by atoms with Crippen LogP contribution in [0, 0.1) is 5.92 Å². The molecule has 0 amide bonds. The average Bonchev–Trinajstić information content (AvgIpc) is 2.93. The number of rotatable bonds is 5. The number of benzene rings is 1. The molecule has 0 saturated heterocycles. The van der Waals surface area contributed by atoms with Crippen molar-refractivity contribution in [2.24, 2.45) is 11.7 Å². The first-order chi connectivity index (χ1) is 9.17. The van der Waals surface area contributed by atoms with E-state index in [0.29, 0.717) is 11.7 Å². The van der Waals surface area contributed by atoms with Gasteiger partial charge in [-0.2, -0.15) is 0 Å². The third kappa shape index (κ3) is 3.03. The molecule has 1 atom stereocenters. The summed E-state index contributed by atoms with van der Waals surface area (Å²) in [4.78, 5) is 2.23. The monoisotopic (exact) mass is 262 g/mol. The Morgan fingerprint density at radius 3 is 2.42 bits per heavy atom. The summed E-state index contributed by atoms with van der Waals surface area (Å²) in [5, 5.41) is 10.3. The lowest BCUT2D eigenvalue weighted by Gasteiger charge is -2.24. The second kappa shape index (κ2) is 6.29. The summed E-state index contributed by atoms with van der Waals surface area (Å²) in [5.74, 6) is 0.883. The Hall–Kier alpha value is -1.22. The predicted molar refractivity (Wildman–Crippen MR) is 80.6 cm³/mol. The van der Waals surface area contributed by atoms with Crippen molar-refractivity contribution in [2.75, 3.05) is 18.0 Å². The lowest BCUT2D eigenvalue weighted by molar-refractivity contribution is 0.412. The van der Waals surface area contributed by atoms with E-state index in [0.717, 1.165) is 24.3 Å². The number of aromatic hydroxyl groups is 1. The van der Waals surface area contributed by atoms with Crippen LogP contribution in [0.3, 0.4) is 0 Å². The van der Waals surface area contributed by atoms with Crippen molar-refractivity contribution in [2.45, 2.75) is 45.6 Å². The lowest BCUT2D eigenvalue weighted by atomic mass is 9.91. The minimum Gasteiger partial charge on any atom is -0.508 e. The molecule has 3 N–H and O–H groups in total. The average molecular weight is 262 g/mol. The zero-order valence-corrected chi connectivity index (χ0v) is 12.1. The molecule has 3 nitrogen and oxygen atoms in total. The Morgan fingerprint density at radius 1 is 1.26 bits per heavy atom. The van der Waals surface area contributed by atoms with Gasteiger partial charge < -0.3 is 15.7 Å². The minimum atomic E-state index is -0.0201. The topological polar surface area (TPSA) is 49.5 Å². The number of nitrogens with two attached hydrogens (primary N) is 1. The quantitative estimate of drug-likeness (QED) is 0.854. The van der Waals surface area contributed by atoms with Crippen molar-refractivity contribution in [3.05, 3.63) is 23.8 Å². The van der Waals surface area contributed by atoms with E-state index in [4.69, 9.17) is 5.73 Å². The van der Waals surface area contributed by atoms with Crippen molar-refractivity contribution in [3.63, 3.8) is 0 Å². The molecule has 0 aromatic heterocycles. The van der Waals surface area contributed by atoms with Crippen LogP contribution in [-0.2, 0) is 0 Å². The molecule has 1 aromatic carbocycles. The second-order valence-electron chi connectivity index (χ2n) is 5.49. The summed E-state index contributed by atoms with van der Waals surface area (Å²) in [7, 11) is 0. The molecule has 2 rings (SSSR count). The van der Waals surface area contributed by atoms with Gasteiger partial charge in [0.05, 0.1) is 0 Å². The highest BCUT2D eigenvalue weighted by molar-refractivity contribution is 5.54. The standard InChI is InChI=1S/C16H26N2O/c1-3-18(4-2)13-9-10-14(15(19)11-13)16(17)12-7-5-6-8-12/h9-12,16,19H,3-8,17H2,1-2H3/t16-/m0/s1. The third-order valence-electron chi connectivity index (χ3n) is 4.41. The molecular weight excluding hydrogens is 236 g/mol. The fraction of sp³-hybridized carbons (Fsp3) is 0.625. The maximum absolute atomic E-state index is 10.3. The van der Waals surface area contributed by atoms with Gasteiger partial charge in [-0.3, -0.25) is 0 Å². The highest BCUT2D eigenvalue weighted by atomic mass is 16.3. The Labute approximate surface area is 116 Å². The highest BCUT2D eigenvalue weighted by Gasteiger charge is 2.25. The summed E-state index contributed by atoms with van der Waals surface area (Å²) in [5.41, 5.74) is 8.30. The van der Waals surface area contributed by atoms with Gasteiger partial charge in [-0.05, 0) is 38.7 Å². The number of hydrogen-bond donors (Lipinski definition) is 2. The Morgan fingerprint density at radius 2 is 1.89 bits per heavy atom.